The molecule has 0 N–H and O–H groups in total. The molecule has 0 bridgehead atoms. The number of alkyl halides is 3. The Balaban J connectivity index is 1.77. The van der Waals surface area contributed by atoms with E-state index in [1.807, 2.05) is 54.6 Å². The van der Waals surface area contributed by atoms with Crippen LogP contribution in [0.1, 0.15) is 16.7 Å². The van der Waals surface area contributed by atoms with Crippen LogP contribution < -0.4 is 4.74 Å². The highest BCUT2D eigenvalue weighted by Gasteiger charge is 2.30. The molecular weight excluding hydrogens is 391 g/mol. The van der Waals surface area contributed by atoms with Crippen molar-refractivity contribution >= 4 is 0 Å². The first-order valence-corrected chi connectivity index (χ1v) is 9.30. The summed E-state index contributed by atoms with van der Waals surface area (Å²) < 4.78 is 49.7. The highest BCUT2D eigenvalue weighted by Crippen LogP contribution is 2.36. The predicted molar refractivity (Wildman–Crippen MR) is 108 cm³/mol. The number of hydrogen-bond donors (Lipinski definition) is 0. The lowest BCUT2D eigenvalue weighted by Gasteiger charge is -2.08. The summed E-state index contributed by atoms with van der Waals surface area (Å²) in [5.74, 6) is 1.34. The summed E-state index contributed by atoms with van der Waals surface area (Å²) in [6.07, 6.45) is -3.88. The van der Waals surface area contributed by atoms with Gasteiger partial charge < -0.3 is 9.26 Å². The van der Waals surface area contributed by atoms with E-state index in [1.165, 1.54) is 12.1 Å². The molecule has 3 nitrogen and oxygen atoms in total. The van der Waals surface area contributed by atoms with Gasteiger partial charge in [0.15, 0.2) is 5.76 Å². The van der Waals surface area contributed by atoms with Crippen LogP contribution in [0, 0.1) is 0 Å². The van der Waals surface area contributed by atoms with Gasteiger partial charge in [-0.05, 0) is 29.8 Å². The molecule has 4 rings (SSSR count). The number of methoxy groups -OCH3 is 1. The SMILES string of the molecule is COc1ccc(Cc2c(-c3ccc(C(F)(F)F)cc3)noc2-c2ccccc2)cc1. The smallest absolute Gasteiger partial charge is 0.416 e. The van der Waals surface area contributed by atoms with E-state index in [-0.39, 0.29) is 0 Å². The Kier molecular flexibility index (Phi) is 5.31. The monoisotopic (exact) mass is 409 g/mol. The molecule has 0 fully saturated rings. The Morgan fingerprint density at radius 3 is 2.10 bits per heavy atom. The third-order valence-electron chi connectivity index (χ3n) is 4.85. The predicted octanol–water partition coefficient (Wildman–Crippen LogP) is 6.63. The first kappa shape index (κ1) is 19.8. The van der Waals surface area contributed by atoms with Crippen molar-refractivity contribution in [3.8, 4) is 28.3 Å². The molecule has 0 unspecified atom stereocenters. The largest absolute Gasteiger partial charge is 0.497 e. The average molecular weight is 409 g/mol. The van der Waals surface area contributed by atoms with Crippen LogP contribution in [0.5, 0.6) is 5.75 Å². The van der Waals surface area contributed by atoms with Crippen LogP contribution in [0.3, 0.4) is 0 Å². The van der Waals surface area contributed by atoms with Gasteiger partial charge in [-0.3, -0.25) is 0 Å². The normalized spacial score (nSPS) is 11.5. The molecular formula is C24H18F3NO2. The molecule has 0 radical (unpaired) electrons. The average Bonchev–Trinajstić information content (AvgIpc) is 3.18. The molecule has 1 heterocycles. The standard InChI is InChI=1S/C24H18F3NO2/c1-29-20-13-7-16(8-14-20)15-21-22(17-9-11-19(12-10-17)24(25,26)27)28-30-23(21)18-5-3-2-4-6-18/h2-14H,15H2,1H3. The number of nitrogens with zero attached hydrogens (tertiary/aromatic N) is 1. The maximum absolute atomic E-state index is 12.9. The Hall–Kier alpha value is -3.54. The fourth-order valence-electron chi connectivity index (χ4n) is 3.28. The molecule has 152 valence electrons. The van der Waals surface area contributed by atoms with E-state index in [1.54, 1.807) is 7.11 Å². The van der Waals surface area contributed by atoms with Gasteiger partial charge in [-0.2, -0.15) is 13.2 Å². The van der Waals surface area contributed by atoms with Crippen LogP contribution in [-0.4, -0.2) is 12.3 Å². The minimum absolute atomic E-state index is 0.508. The first-order valence-electron chi connectivity index (χ1n) is 9.30. The topological polar surface area (TPSA) is 35.3 Å². The van der Waals surface area contributed by atoms with Crippen molar-refractivity contribution in [2.75, 3.05) is 7.11 Å². The Labute approximate surface area is 171 Å². The fourth-order valence-corrected chi connectivity index (χ4v) is 3.28. The molecule has 6 heteroatoms. The molecule has 0 saturated carbocycles. The quantitative estimate of drug-likeness (QED) is 0.371. The van der Waals surface area contributed by atoms with E-state index in [2.05, 4.69) is 5.16 Å². The number of hydrogen-bond acceptors (Lipinski definition) is 3. The molecule has 30 heavy (non-hydrogen) atoms. The zero-order valence-corrected chi connectivity index (χ0v) is 16.1. The zero-order chi connectivity index (χ0) is 21.1. The second-order valence-corrected chi connectivity index (χ2v) is 6.80. The molecule has 3 aromatic carbocycles. The van der Waals surface area contributed by atoms with Crippen molar-refractivity contribution in [1.29, 1.82) is 0 Å². The zero-order valence-electron chi connectivity index (χ0n) is 16.1. The van der Waals surface area contributed by atoms with Gasteiger partial charge in [-0.1, -0.05) is 59.8 Å². The molecule has 0 amide bonds. The molecule has 0 aliphatic carbocycles. The summed E-state index contributed by atoms with van der Waals surface area (Å²) in [5.41, 5.74) is 3.06. The van der Waals surface area contributed by atoms with Crippen LogP contribution in [0.4, 0.5) is 13.2 Å². The van der Waals surface area contributed by atoms with Crippen molar-refractivity contribution in [1.82, 2.24) is 5.16 Å². The van der Waals surface area contributed by atoms with E-state index in [0.717, 1.165) is 34.6 Å². The van der Waals surface area contributed by atoms with Crippen molar-refractivity contribution in [3.05, 3.63) is 95.6 Å². The van der Waals surface area contributed by atoms with Crippen LogP contribution in [0.2, 0.25) is 0 Å². The van der Waals surface area contributed by atoms with Gasteiger partial charge in [0.1, 0.15) is 11.4 Å². The number of aromatic nitrogens is 1. The number of benzene rings is 3. The van der Waals surface area contributed by atoms with E-state index in [9.17, 15) is 13.2 Å². The number of halogens is 3. The molecule has 0 spiro atoms. The van der Waals surface area contributed by atoms with Crippen molar-refractivity contribution in [3.63, 3.8) is 0 Å². The highest BCUT2D eigenvalue weighted by molar-refractivity contribution is 5.73. The van der Waals surface area contributed by atoms with Gasteiger partial charge in [0, 0.05) is 23.1 Å². The van der Waals surface area contributed by atoms with Crippen LogP contribution in [0.25, 0.3) is 22.6 Å². The van der Waals surface area contributed by atoms with Gasteiger partial charge in [0.2, 0.25) is 0 Å². The summed E-state index contributed by atoms with van der Waals surface area (Å²) in [5, 5.41) is 4.20. The van der Waals surface area contributed by atoms with Crippen LogP contribution in [-0.2, 0) is 12.6 Å². The Bertz CT molecular complexity index is 1120. The van der Waals surface area contributed by atoms with Gasteiger partial charge >= 0.3 is 6.18 Å². The minimum atomic E-state index is -4.39. The number of ether oxygens (including phenoxy) is 1. The third-order valence-corrected chi connectivity index (χ3v) is 4.85. The second kappa shape index (κ2) is 8.06. The molecule has 0 atom stereocenters. The lowest BCUT2D eigenvalue weighted by molar-refractivity contribution is -0.137. The fraction of sp³-hybridized carbons (Fsp3) is 0.125. The lowest BCUT2D eigenvalue weighted by atomic mass is 9.96. The van der Waals surface area contributed by atoms with Crippen molar-refractivity contribution in [2.45, 2.75) is 12.6 Å². The van der Waals surface area contributed by atoms with Gasteiger partial charge in [-0.15, -0.1) is 0 Å². The van der Waals surface area contributed by atoms with Crippen LogP contribution >= 0.6 is 0 Å². The summed E-state index contributed by atoms with van der Waals surface area (Å²) in [4.78, 5) is 0. The molecule has 0 aliphatic rings. The molecule has 4 aromatic rings. The summed E-state index contributed by atoms with van der Waals surface area (Å²) in [6.45, 7) is 0. The van der Waals surface area contributed by atoms with Crippen molar-refractivity contribution in [2.24, 2.45) is 0 Å². The summed E-state index contributed by atoms with van der Waals surface area (Å²) >= 11 is 0. The van der Waals surface area contributed by atoms with E-state index >= 15 is 0 Å². The minimum Gasteiger partial charge on any atom is -0.497 e. The third kappa shape index (κ3) is 4.08. The van der Waals surface area contributed by atoms with Crippen LogP contribution in [0.15, 0.2) is 83.4 Å². The Morgan fingerprint density at radius 2 is 1.50 bits per heavy atom. The molecule has 1 aromatic heterocycles. The highest BCUT2D eigenvalue weighted by atomic mass is 19.4. The summed E-state index contributed by atoms with van der Waals surface area (Å²) in [6, 6.07) is 22.1. The lowest BCUT2D eigenvalue weighted by Crippen LogP contribution is -2.04. The van der Waals surface area contributed by atoms with Crippen molar-refractivity contribution < 1.29 is 22.4 Å². The second-order valence-electron chi connectivity index (χ2n) is 6.80. The maximum atomic E-state index is 12.9. The van der Waals surface area contributed by atoms with Gasteiger partial charge in [0.05, 0.1) is 12.7 Å². The summed E-state index contributed by atoms with van der Waals surface area (Å²) in [7, 11) is 1.60. The first-order chi connectivity index (χ1) is 14.5. The molecule has 0 aliphatic heterocycles. The van der Waals surface area contributed by atoms with Gasteiger partial charge in [-0.25, -0.2) is 0 Å². The maximum Gasteiger partial charge on any atom is 0.416 e. The van der Waals surface area contributed by atoms with Gasteiger partial charge in [0.25, 0.3) is 0 Å². The number of rotatable bonds is 5. The Morgan fingerprint density at radius 1 is 0.833 bits per heavy atom. The molecule has 0 saturated heterocycles. The van der Waals surface area contributed by atoms with E-state index < -0.39 is 11.7 Å². The van der Waals surface area contributed by atoms with E-state index in [0.29, 0.717) is 23.4 Å². The van der Waals surface area contributed by atoms with E-state index in [4.69, 9.17) is 9.26 Å².